The van der Waals surface area contributed by atoms with E-state index in [0.29, 0.717) is 6.42 Å². The molecule has 0 radical (unpaired) electrons. The van der Waals surface area contributed by atoms with Crippen LogP contribution in [0.2, 0.25) is 0 Å². The highest BCUT2D eigenvalue weighted by atomic mass is 32.2. The number of allylic oxidation sites excluding steroid dienone is 4. The Morgan fingerprint density at radius 1 is 1.15 bits per heavy atom. The summed E-state index contributed by atoms with van der Waals surface area (Å²) < 4.78 is 13.4. The summed E-state index contributed by atoms with van der Waals surface area (Å²) in [5.74, 6) is 1.84. The first-order valence-electron chi connectivity index (χ1n) is 12.8. The number of hydrogen-bond donors (Lipinski definition) is 0. The predicted octanol–water partition coefficient (Wildman–Crippen LogP) is 6.02. The summed E-state index contributed by atoms with van der Waals surface area (Å²) in [5.41, 5.74) is 6.13. The van der Waals surface area contributed by atoms with E-state index in [-0.39, 0.29) is 23.9 Å². The molecule has 1 saturated heterocycles. The molecule has 34 heavy (non-hydrogen) atoms. The van der Waals surface area contributed by atoms with E-state index in [4.69, 9.17) is 9.47 Å². The third kappa shape index (κ3) is 6.42. The summed E-state index contributed by atoms with van der Waals surface area (Å²) in [6.07, 6.45) is 14.4. The maximum atomic E-state index is 12.6. The zero-order valence-corrected chi connectivity index (χ0v) is 22.4. The zero-order valence-electron chi connectivity index (χ0n) is 21.6. The van der Waals surface area contributed by atoms with E-state index in [9.17, 15) is 4.79 Å². The molecule has 0 unspecified atom stereocenters. The molecule has 3 aliphatic heterocycles. The lowest BCUT2D eigenvalue weighted by atomic mass is 9.78. The van der Waals surface area contributed by atoms with Crippen LogP contribution in [0.1, 0.15) is 60.3 Å². The van der Waals surface area contributed by atoms with Crippen LogP contribution in [0.5, 0.6) is 0 Å². The standard InChI is InChI=1S/C29H41NO3S/c1-20(2)7-6-8-21(3)13-25-14-22(4)17-29(32-25)18-24(19-30-9-11-34-12-10-30)26-16-27(31)23(5)15-28(26)33-29/h7,13,15,17-18,25-26,28H,6,8-12,14,16,19H2,1-5H3/b21-13+/t25-,26-,28-,29+/m1/s1. The highest BCUT2D eigenvalue weighted by Gasteiger charge is 2.45. The number of rotatable bonds is 6. The third-order valence-corrected chi connectivity index (χ3v) is 8.16. The zero-order chi connectivity index (χ0) is 24.3. The summed E-state index contributed by atoms with van der Waals surface area (Å²) in [5, 5.41) is 0. The van der Waals surface area contributed by atoms with Crippen LogP contribution in [0.25, 0.3) is 0 Å². The molecule has 4 rings (SSSR count). The van der Waals surface area contributed by atoms with Crippen LogP contribution in [-0.4, -0.2) is 59.8 Å². The second kappa shape index (κ2) is 11.1. The first-order valence-corrected chi connectivity index (χ1v) is 14.0. The van der Waals surface area contributed by atoms with Crippen molar-refractivity contribution in [2.75, 3.05) is 31.1 Å². The van der Waals surface area contributed by atoms with Crippen molar-refractivity contribution in [3.8, 4) is 0 Å². The number of carbonyl (C=O) groups is 1. The number of hydrogen-bond acceptors (Lipinski definition) is 5. The van der Waals surface area contributed by atoms with Crippen molar-refractivity contribution in [2.24, 2.45) is 5.92 Å². The maximum absolute atomic E-state index is 12.6. The van der Waals surface area contributed by atoms with E-state index >= 15 is 0 Å². The van der Waals surface area contributed by atoms with E-state index in [0.717, 1.165) is 44.5 Å². The van der Waals surface area contributed by atoms with E-state index in [2.05, 4.69) is 56.9 Å². The Morgan fingerprint density at radius 3 is 2.65 bits per heavy atom. The predicted molar refractivity (Wildman–Crippen MR) is 142 cm³/mol. The SMILES string of the molecule is CC(C)=CCC/C(C)=C/[C@@H]1CC(C)=C[C@]2(C=C(CN3CCSCC3)[C@H]3CC(=O)C(C)=C[C@H]3O2)O1. The van der Waals surface area contributed by atoms with Crippen LogP contribution in [0.4, 0.5) is 0 Å². The molecule has 0 aromatic rings. The number of Topliss-reactive ketones (excluding diaryl/α,β-unsaturated/α-hetero) is 1. The maximum Gasteiger partial charge on any atom is 0.209 e. The van der Waals surface area contributed by atoms with Crippen LogP contribution >= 0.6 is 11.8 Å². The molecule has 0 bridgehead atoms. The van der Waals surface area contributed by atoms with Crippen molar-refractivity contribution in [1.82, 2.24) is 4.90 Å². The molecule has 5 heteroatoms. The summed E-state index contributed by atoms with van der Waals surface area (Å²) >= 11 is 2.03. The van der Waals surface area contributed by atoms with Crippen molar-refractivity contribution >= 4 is 17.5 Å². The number of ketones is 1. The molecule has 1 aliphatic carbocycles. The van der Waals surface area contributed by atoms with Gasteiger partial charge >= 0.3 is 0 Å². The van der Waals surface area contributed by atoms with Gasteiger partial charge in [-0.25, -0.2) is 0 Å². The summed E-state index contributed by atoms with van der Waals surface area (Å²) in [6.45, 7) is 13.7. The fraction of sp³-hybridized carbons (Fsp3) is 0.621. The molecule has 0 aromatic heterocycles. The third-order valence-electron chi connectivity index (χ3n) is 7.22. The summed E-state index contributed by atoms with van der Waals surface area (Å²) in [7, 11) is 0. The van der Waals surface area contributed by atoms with Crippen LogP contribution in [0.3, 0.4) is 0 Å². The average molecular weight is 484 g/mol. The summed E-state index contributed by atoms with van der Waals surface area (Å²) in [6, 6.07) is 0. The van der Waals surface area contributed by atoms with Gasteiger partial charge in [-0.15, -0.1) is 0 Å². The first kappa shape index (κ1) is 25.7. The molecule has 4 nitrogen and oxygen atoms in total. The van der Waals surface area contributed by atoms with Gasteiger partial charge in [0.15, 0.2) is 5.78 Å². The van der Waals surface area contributed by atoms with Gasteiger partial charge in [0.1, 0.15) is 0 Å². The van der Waals surface area contributed by atoms with E-state index < -0.39 is 5.79 Å². The molecule has 0 aromatic carbocycles. The van der Waals surface area contributed by atoms with Crippen LogP contribution in [0.15, 0.2) is 58.2 Å². The van der Waals surface area contributed by atoms with Gasteiger partial charge in [-0.05, 0) is 83.3 Å². The second-order valence-electron chi connectivity index (χ2n) is 10.7. The first-order chi connectivity index (χ1) is 16.2. The number of nitrogens with zero attached hydrogens (tertiary/aromatic N) is 1. The molecule has 4 aliphatic rings. The Balaban J connectivity index is 1.60. The molecule has 0 N–H and O–H groups in total. The Bertz CT molecular complexity index is 933. The molecule has 1 spiro atoms. The minimum atomic E-state index is -0.859. The van der Waals surface area contributed by atoms with Gasteiger partial charge < -0.3 is 9.47 Å². The van der Waals surface area contributed by atoms with Crippen LogP contribution in [0, 0.1) is 5.92 Å². The summed E-state index contributed by atoms with van der Waals surface area (Å²) in [4.78, 5) is 15.1. The molecular formula is C29H41NO3S. The number of ether oxygens (including phenoxy) is 2. The van der Waals surface area contributed by atoms with Crippen LogP contribution in [-0.2, 0) is 14.3 Å². The molecule has 1 fully saturated rings. The Kier molecular flexibility index (Phi) is 8.40. The Morgan fingerprint density at radius 2 is 1.91 bits per heavy atom. The van der Waals surface area contributed by atoms with Gasteiger partial charge in [-0.1, -0.05) is 28.9 Å². The normalized spacial score (nSPS) is 32.6. The largest absolute Gasteiger partial charge is 0.335 e. The monoisotopic (exact) mass is 483 g/mol. The minimum absolute atomic E-state index is 0.00700. The molecule has 0 saturated carbocycles. The molecular weight excluding hydrogens is 442 g/mol. The van der Waals surface area contributed by atoms with Crippen LogP contribution < -0.4 is 0 Å². The fourth-order valence-electron chi connectivity index (χ4n) is 5.43. The lowest BCUT2D eigenvalue weighted by Gasteiger charge is -2.46. The van der Waals surface area contributed by atoms with Crippen molar-refractivity contribution in [1.29, 1.82) is 0 Å². The lowest BCUT2D eigenvalue weighted by Crippen LogP contribution is -2.50. The van der Waals surface area contributed by atoms with Gasteiger partial charge in [0.05, 0.1) is 12.2 Å². The smallest absolute Gasteiger partial charge is 0.209 e. The second-order valence-corrected chi connectivity index (χ2v) is 11.9. The van der Waals surface area contributed by atoms with Gasteiger partial charge in [-0.3, -0.25) is 9.69 Å². The van der Waals surface area contributed by atoms with Gasteiger partial charge in [0.2, 0.25) is 5.79 Å². The number of carbonyl (C=O) groups excluding carboxylic acids is 1. The molecule has 3 heterocycles. The Labute approximate surface area is 210 Å². The van der Waals surface area contributed by atoms with Gasteiger partial charge in [-0.2, -0.15) is 11.8 Å². The lowest BCUT2D eigenvalue weighted by molar-refractivity contribution is -0.224. The highest BCUT2D eigenvalue weighted by Crippen LogP contribution is 2.43. The van der Waals surface area contributed by atoms with Gasteiger partial charge in [0.25, 0.3) is 0 Å². The van der Waals surface area contributed by atoms with Crippen molar-refractivity contribution in [3.63, 3.8) is 0 Å². The van der Waals surface area contributed by atoms with Crippen molar-refractivity contribution < 1.29 is 14.3 Å². The molecule has 186 valence electrons. The van der Waals surface area contributed by atoms with Crippen molar-refractivity contribution in [2.45, 2.75) is 78.3 Å². The van der Waals surface area contributed by atoms with E-state index in [1.165, 1.54) is 33.8 Å². The number of thioether (sulfide) groups is 1. The van der Waals surface area contributed by atoms with Crippen molar-refractivity contribution in [3.05, 3.63) is 58.2 Å². The van der Waals surface area contributed by atoms with E-state index in [1.54, 1.807) is 0 Å². The molecule has 0 amide bonds. The topological polar surface area (TPSA) is 38.8 Å². The number of fused-ring (bicyclic) bond motifs is 1. The Hall–Kier alpha value is -1.40. The highest BCUT2D eigenvalue weighted by molar-refractivity contribution is 7.99. The average Bonchev–Trinajstić information content (AvgIpc) is 2.75. The fourth-order valence-corrected chi connectivity index (χ4v) is 6.41. The molecule has 4 atom stereocenters. The van der Waals surface area contributed by atoms with E-state index in [1.807, 2.05) is 24.8 Å². The van der Waals surface area contributed by atoms with Gasteiger partial charge in [0, 0.05) is 43.5 Å². The minimum Gasteiger partial charge on any atom is -0.335 e. The quantitative estimate of drug-likeness (QED) is 0.432.